The summed E-state index contributed by atoms with van der Waals surface area (Å²) in [6.45, 7) is 15.5. The first-order valence-electron chi connectivity index (χ1n) is 11.3. The highest BCUT2D eigenvalue weighted by Gasteiger charge is 2.50. The zero-order valence-electron chi connectivity index (χ0n) is 18.9. The number of hydrogen-bond acceptors (Lipinski definition) is 2. The van der Waals surface area contributed by atoms with Crippen LogP contribution in [0.2, 0.25) is 6.32 Å². The average Bonchev–Trinajstić information content (AvgIpc) is 2.76. The van der Waals surface area contributed by atoms with E-state index in [1.165, 1.54) is 70.6 Å². The summed E-state index contributed by atoms with van der Waals surface area (Å²) in [5.74, 6) is 0. The van der Waals surface area contributed by atoms with Crippen LogP contribution in [-0.4, -0.2) is 18.3 Å². The van der Waals surface area contributed by atoms with E-state index >= 15 is 0 Å². The third kappa shape index (κ3) is 7.76. The maximum atomic E-state index is 6.26. The molecule has 0 aliphatic carbocycles. The first-order valence-corrected chi connectivity index (χ1v) is 11.3. The molecular weight excluding hydrogens is 319 g/mol. The van der Waals surface area contributed by atoms with Gasteiger partial charge in [0, 0.05) is 6.32 Å². The summed E-state index contributed by atoms with van der Waals surface area (Å²) in [6.07, 6.45) is 15.5. The summed E-state index contributed by atoms with van der Waals surface area (Å²) in [4.78, 5) is 0. The number of unbranched alkanes of at least 4 members (excludes halogenated alkanes) is 7. The first-order chi connectivity index (χ1) is 12.2. The molecule has 152 valence electrons. The van der Waals surface area contributed by atoms with Gasteiger partial charge >= 0.3 is 7.12 Å². The molecule has 0 spiro atoms. The minimum Gasteiger partial charge on any atom is -0.403 e. The van der Waals surface area contributed by atoms with Gasteiger partial charge in [-0.2, -0.15) is 0 Å². The second kappa shape index (κ2) is 11.5. The van der Waals surface area contributed by atoms with Crippen molar-refractivity contribution in [1.82, 2.24) is 0 Å². The Morgan fingerprint density at radius 1 is 0.692 bits per heavy atom. The molecule has 0 bridgehead atoms. The summed E-state index contributed by atoms with van der Waals surface area (Å²) in [5, 5.41) is 0. The molecule has 0 N–H and O–H groups in total. The highest BCUT2D eigenvalue weighted by atomic mass is 16.7. The van der Waals surface area contributed by atoms with Crippen LogP contribution in [0.5, 0.6) is 0 Å². The van der Waals surface area contributed by atoms with E-state index in [0.29, 0.717) is 0 Å². The molecule has 0 amide bonds. The lowest BCUT2D eigenvalue weighted by Gasteiger charge is -2.32. The SMILES string of the molecule is CCCCCCCC/C(C)=C(/CCCCC)CB1OC(C)(C)C(C)(C)O1. The summed E-state index contributed by atoms with van der Waals surface area (Å²) < 4.78 is 12.5. The third-order valence-corrected chi connectivity index (χ3v) is 6.31. The molecule has 1 aliphatic rings. The summed E-state index contributed by atoms with van der Waals surface area (Å²) in [5.41, 5.74) is 2.73. The molecule has 1 fully saturated rings. The van der Waals surface area contributed by atoms with Crippen molar-refractivity contribution in [3.05, 3.63) is 11.1 Å². The molecule has 0 atom stereocenters. The molecule has 3 heteroatoms. The molecule has 26 heavy (non-hydrogen) atoms. The molecule has 0 unspecified atom stereocenters. The molecule has 0 radical (unpaired) electrons. The first kappa shape index (κ1) is 23.8. The van der Waals surface area contributed by atoms with Gasteiger partial charge in [0.15, 0.2) is 0 Å². The molecule has 1 aliphatic heterocycles. The van der Waals surface area contributed by atoms with Gasteiger partial charge in [-0.3, -0.25) is 0 Å². The van der Waals surface area contributed by atoms with Gasteiger partial charge in [-0.05, 0) is 60.3 Å². The molecule has 1 heterocycles. The Morgan fingerprint density at radius 3 is 1.73 bits per heavy atom. The Hall–Kier alpha value is -0.275. The highest BCUT2D eigenvalue weighted by molar-refractivity contribution is 6.46. The van der Waals surface area contributed by atoms with E-state index in [1.807, 2.05) is 0 Å². The summed E-state index contributed by atoms with van der Waals surface area (Å²) in [6, 6.07) is 0. The van der Waals surface area contributed by atoms with Crippen LogP contribution in [0.25, 0.3) is 0 Å². The lowest BCUT2D eigenvalue weighted by atomic mass is 9.77. The highest BCUT2D eigenvalue weighted by Crippen LogP contribution is 2.39. The van der Waals surface area contributed by atoms with Crippen molar-refractivity contribution in [2.24, 2.45) is 0 Å². The van der Waals surface area contributed by atoms with E-state index in [4.69, 9.17) is 9.31 Å². The van der Waals surface area contributed by atoms with Crippen molar-refractivity contribution in [2.45, 2.75) is 137 Å². The molecule has 2 nitrogen and oxygen atoms in total. The van der Waals surface area contributed by atoms with Crippen LogP contribution in [0.3, 0.4) is 0 Å². The minimum atomic E-state index is -0.223. The van der Waals surface area contributed by atoms with Crippen LogP contribution in [0, 0.1) is 0 Å². The zero-order valence-corrected chi connectivity index (χ0v) is 18.9. The van der Waals surface area contributed by atoms with Gasteiger partial charge in [-0.15, -0.1) is 0 Å². The lowest BCUT2D eigenvalue weighted by molar-refractivity contribution is 0.00578. The lowest BCUT2D eigenvalue weighted by Crippen LogP contribution is -2.41. The molecule has 0 aromatic carbocycles. The van der Waals surface area contributed by atoms with Crippen LogP contribution in [0.15, 0.2) is 11.1 Å². The van der Waals surface area contributed by atoms with Gasteiger partial charge in [0.05, 0.1) is 11.2 Å². The average molecular weight is 364 g/mol. The van der Waals surface area contributed by atoms with Crippen LogP contribution < -0.4 is 0 Å². The Balaban J connectivity index is 2.59. The van der Waals surface area contributed by atoms with Gasteiger partial charge in [0.25, 0.3) is 0 Å². The standard InChI is InChI=1S/C23H45BO2/c1-8-10-12-13-14-16-17-20(3)21(18-15-11-9-2)19-24-25-22(4,5)23(6,7)26-24/h8-19H2,1-7H3/b21-20-. The number of rotatable bonds is 13. The third-order valence-electron chi connectivity index (χ3n) is 6.31. The zero-order chi connectivity index (χ0) is 19.6. The van der Waals surface area contributed by atoms with E-state index in [-0.39, 0.29) is 18.3 Å². The van der Waals surface area contributed by atoms with Gasteiger partial charge in [-0.1, -0.05) is 69.9 Å². The van der Waals surface area contributed by atoms with Crippen molar-refractivity contribution in [3.63, 3.8) is 0 Å². The summed E-state index contributed by atoms with van der Waals surface area (Å²) in [7, 11) is -0.0869. The van der Waals surface area contributed by atoms with Gasteiger partial charge in [0.2, 0.25) is 0 Å². The van der Waals surface area contributed by atoms with Crippen molar-refractivity contribution in [3.8, 4) is 0 Å². The molecule has 1 saturated heterocycles. The Labute approximate surface area is 164 Å². The Bertz CT molecular complexity index is 410. The topological polar surface area (TPSA) is 18.5 Å². The monoisotopic (exact) mass is 364 g/mol. The van der Waals surface area contributed by atoms with E-state index in [9.17, 15) is 0 Å². The maximum Gasteiger partial charge on any atom is 0.462 e. The quantitative estimate of drug-likeness (QED) is 0.189. The fraction of sp³-hybridized carbons (Fsp3) is 0.913. The van der Waals surface area contributed by atoms with E-state index < -0.39 is 0 Å². The van der Waals surface area contributed by atoms with Crippen molar-refractivity contribution >= 4 is 7.12 Å². The largest absolute Gasteiger partial charge is 0.462 e. The fourth-order valence-corrected chi connectivity index (χ4v) is 3.67. The minimum absolute atomic E-state index is 0.0869. The van der Waals surface area contributed by atoms with Crippen LogP contribution in [0.1, 0.15) is 119 Å². The molecule has 1 rings (SSSR count). The predicted molar refractivity (Wildman–Crippen MR) is 116 cm³/mol. The van der Waals surface area contributed by atoms with Gasteiger partial charge < -0.3 is 9.31 Å². The van der Waals surface area contributed by atoms with Crippen molar-refractivity contribution < 1.29 is 9.31 Å². The second-order valence-electron chi connectivity index (χ2n) is 9.25. The fourth-order valence-electron chi connectivity index (χ4n) is 3.67. The van der Waals surface area contributed by atoms with E-state index in [0.717, 1.165) is 6.32 Å². The van der Waals surface area contributed by atoms with Crippen LogP contribution in [-0.2, 0) is 9.31 Å². The normalized spacial score (nSPS) is 19.7. The van der Waals surface area contributed by atoms with Gasteiger partial charge in [-0.25, -0.2) is 0 Å². The Kier molecular flexibility index (Phi) is 10.5. The second-order valence-corrected chi connectivity index (χ2v) is 9.25. The Morgan fingerprint density at radius 2 is 1.15 bits per heavy atom. The van der Waals surface area contributed by atoms with Crippen molar-refractivity contribution in [2.75, 3.05) is 0 Å². The molecular formula is C23H45BO2. The molecule has 0 aromatic heterocycles. The number of allylic oxidation sites excluding steroid dienone is 2. The van der Waals surface area contributed by atoms with Crippen LogP contribution >= 0.6 is 0 Å². The summed E-state index contributed by atoms with van der Waals surface area (Å²) >= 11 is 0. The molecule has 0 saturated carbocycles. The van der Waals surface area contributed by atoms with E-state index in [2.05, 4.69) is 48.5 Å². The maximum absolute atomic E-state index is 6.26. The predicted octanol–water partition coefficient (Wildman–Crippen LogP) is 7.73. The van der Waals surface area contributed by atoms with Crippen molar-refractivity contribution in [1.29, 1.82) is 0 Å². The number of hydrogen-bond donors (Lipinski definition) is 0. The molecule has 0 aromatic rings. The van der Waals surface area contributed by atoms with Crippen LogP contribution in [0.4, 0.5) is 0 Å². The van der Waals surface area contributed by atoms with Gasteiger partial charge in [0.1, 0.15) is 0 Å². The smallest absolute Gasteiger partial charge is 0.403 e. The van der Waals surface area contributed by atoms with E-state index in [1.54, 1.807) is 11.1 Å².